The molecule has 0 aliphatic rings. The van der Waals surface area contributed by atoms with Crippen molar-refractivity contribution < 1.29 is 4.92 Å². The molecule has 0 spiro atoms. The average Bonchev–Trinajstić information content (AvgIpc) is 2.20. The van der Waals surface area contributed by atoms with E-state index in [0.717, 1.165) is 0 Å². The second-order valence-electron chi connectivity index (χ2n) is 3.32. The molecule has 0 bridgehead atoms. The fourth-order valence-corrected chi connectivity index (χ4v) is 1.16. The highest BCUT2D eigenvalue weighted by molar-refractivity contribution is 5.24. The minimum absolute atomic E-state index is 0.0714. The predicted molar refractivity (Wildman–Crippen MR) is 55.9 cm³/mol. The van der Waals surface area contributed by atoms with Crippen LogP contribution in [0.1, 0.15) is 6.92 Å². The van der Waals surface area contributed by atoms with E-state index >= 15 is 0 Å². The fraction of sp³-hybridized carbons (Fsp3) is 0.444. The number of likely N-dealkylation sites (N-methyl/N-ethyl adjacent to an activating group) is 1. The number of pyridine rings is 1. The van der Waals surface area contributed by atoms with Crippen LogP contribution >= 0.6 is 0 Å². The van der Waals surface area contributed by atoms with Crippen LogP contribution < -0.4 is 10.9 Å². The van der Waals surface area contributed by atoms with E-state index in [1.807, 2.05) is 6.92 Å². The molecule has 1 unspecified atom stereocenters. The zero-order chi connectivity index (χ0) is 11.4. The van der Waals surface area contributed by atoms with Gasteiger partial charge in [-0.2, -0.15) is 0 Å². The van der Waals surface area contributed by atoms with Crippen molar-refractivity contribution >= 4 is 5.69 Å². The zero-order valence-corrected chi connectivity index (χ0v) is 8.64. The quantitative estimate of drug-likeness (QED) is 0.576. The van der Waals surface area contributed by atoms with Crippen LogP contribution in [0.4, 0.5) is 5.69 Å². The summed E-state index contributed by atoms with van der Waals surface area (Å²) in [6, 6.07) is 2.51. The van der Waals surface area contributed by atoms with Crippen molar-refractivity contribution in [1.29, 1.82) is 0 Å². The highest BCUT2D eigenvalue weighted by Gasteiger charge is 2.09. The van der Waals surface area contributed by atoms with E-state index in [2.05, 4.69) is 5.32 Å². The molecule has 1 atom stereocenters. The van der Waals surface area contributed by atoms with Crippen molar-refractivity contribution in [3.8, 4) is 0 Å². The Balaban J connectivity index is 3.00. The van der Waals surface area contributed by atoms with Gasteiger partial charge in [-0.15, -0.1) is 0 Å². The van der Waals surface area contributed by atoms with Gasteiger partial charge in [0, 0.05) is 24.7 Å². The summed E-state index contributed by atoms with van der Waals surface area (Å²) in [6.45, 7) is 2.31. The summed E-state index contributed by atoms with van der Waals surface area (Å²) >= 11 is 0. The number of nitrogens with one attached hydrogen (secondary N) is 1. The molecule has 6 heteroatoms. The van der Waals surface area contributed by atoms with Gasteiger partial charge >= 0.3 is 0 Å². The van der Waals surface area contributed by atoms with Crippen molar-refractivity contribution in [2.24, 2.45) is 0 Å². The largest absolute Gasteiger partial charge is 0.315 e. The van der Waals surface area contributed by atoms with Gasteiger partial charge in [-0.25, -0.2) is 0 Å². The summed E-state index contributed by atoms with van der Waals surface area (Å²) in [7, 11) is 1.77. The van der Waals surface area contributed by atoms with Gasteiger partial charge in [0.05, 0.1) is 11.1 Å². The molecule has 1 N–H and O–H groups in total. The number of hydrogen-bond donors (Lipinski definition) is 1. The first-order chi connectivity index (χ1) is 7.04. The van der Waals surface area contributed by atoms with Crippen LogP contribution in [-0.2, 0) is 6.54 Å². The molecule has 0 radical (unpaired) electrons. The van der Waals surface area contributed by atoms with Gasteiger partial charge in [0.2, 0.25) is 0 Å². The van der Waals surface area contributed by atoms with Crippen molar-refractivity contribution in [1.82, 2.24) is 9.88 Å². The Labute approximate surface area is 86.7 Å². The molecule has 0 aliphatic heterocycles. The molecule has 1 heterocycles. The number of hydrogen-bond acceptors (Lipinski definition) is 4. The number of rotatable bonds is 4. The molecular formula is C9H13N3O3. The lowest BCUT2D eigenvalue weighted by molar-refractivity contribution is -0.385. The van der Waals surface area contributed by atoms with E-state index in [0.29, 0.717) is 6.54 Å². The van der Waals surface area contributed by atoms with Crippen LogP contribution in [0.25, 0.3) is 0 Å². The Bertz CT molecular complexity index is 413. The number of nitro groups is 1. The van der Waals surface area contributed by atoms with Gasteiger partial charge in [0.25, 0.3) is 11.2 Å². The molecule has 0 fully saturated rings. The van der Waals surface area contributed by atoms with Crippen LogP contribution in [0, 0.1) is 10.1 Å². The highest BCUT2D eigenvalue weighted by Crippen LogP contribution is 2.06. The normalized spacial score (nSPS) is 12.4. The standard InChI is InChI=1S/C9H13N3O3/c1-7(10-2)5-11-6-8(12(14)15)3-4-9(11)13/h3-4,6-7,10H,5H2,1-2H3. The summed E-state index contributed by atoms with van der Waals surface area (Å²) < 4.78 is 1.33. The first kappa shape index (κ1) is 11.4. The van der Waals surface area contributed by atoms with E-state index < -0.39 is 4.92 Å². The summed E-state index contributed by atoms with van der Waals surface area (Å²) in [5.74, 6) is 0. The first-order valence-corrected chi connectivity index (χ1v) is 4.56. The van der Waals surface area contributed by atoms with Gasteiger partial charge in [-0.05, 0) is 14.0 Å². The third-order valence-electron chi connectivity index (χ3n) is 2.14. The van der Waals surface area contributed by atoms with E-state index in [1.165, 1.54) is 22.9 Å². The van der Waals surface area contributed by atoms with E-state index in [9.17, 15) is 14.9 Å². The minimum atomic E-state index is -0.514. The summed E-state index contributed by atoms with van der Waals surface area (Å²) in [5, 5.41) is 13.5. The molecule has 82 valence electrons. The molecule has 0 saturated heterocycles. The molecule has 1 aromatic heterocycles. The van der Waals surface area contributed by atoms with Crippen molar-refractivity contribution in [2.45, 2.75) is 19.5 Å². The average molecular weight is 211 g/mol. The smallest absolute Gasteiger partial charge is 0.285 e. The van der Waals surface area contributed by atoms with Crippen LogP contribution in [0.15, 0.2) is 23.1 Å². The van der Waals surface area contributed by atoms with Crippen molar-refractivity contribution in [3.05, 3.63) is 38.8 Å². The molecule has 1 aromatic rings. The lowest BCUT2D eigenvalue weighted by Crippen LogP contribution is -2.31. The molecule has 0 amide bonds. The van der Waals surface area contributed by atoms with Crippen molar-refractivity contribution in [3.63, 3.8) is 0 Å². The fourth-order valence-electron chi connectivity index (χ4n) is 1.16. The Morgan fingerprint density at radius 3 is 2.80 bits per heavy atom. The van der Waals surface area contributed by atoms with Gasteiger partial charge in [-0.1, -0.05) is 0 Å². The molecule has 0 aliphatic carbocycles. The second kappa shape index (κ2) is 4.70. The molecule has 0 saturated carbocycles. The maximum absolute atomic E-state index is 11.4. The molecule has 6 nitrogen and oxygen atoms in total. The summed E-state index contributed by atoms with van der Waals surface area (Å²) in [5.41, 5.74) is -0.305. The van der Waals surface area contributed by atoms with E-state index in [1.54, 1.807) is 7.05 Å². The Hall–Kier alpha value is -1.69. The summed E-state index contributed by atoms with van der Waals surface area (Å²) in [6.07, 6.45) is 1.26. The lowest BCUT2D eigenvalue weighted by atomic mass is 10.3. The number of nitrogens with zero attached hydrogens (tertiary/aromatic N) is 2. The molecule has 1 rings (SSSR count). The Morgan fingerprint density at radius 1 is 1.60 bits per heavy atom. The predicted octanol–water partition coefficient (Wildman–Crippen LogP) is 0.364. The van der Waals surface area contributed by atoms with Crippen molar-refractivity contribution in [2.75, 3.05) is 7.05 Å². The topological polar surface area (TPSA) is 77.2 Å². The lowest BCUT2D eigenvalue weighted by Gasteiger charge is -2.11. The van der Waals surface area contributed by atoms with Gasteiger partial charge in [-0.3, -0.25) is 14.9 Å². The SMILES string of the molecule is CNC(C)Cn1cc([N+](=O)[O-])ccc1=O. The van der Waals surface area contributed by atoms with Crippen LogP contribution in [0.5, 0.6) is 0 Å². The van der Waals surface area contributed by atoms with Gasteiger partial charge in [0.15, 0.2) is 0 Å². The van der Waals surface area contributed by atoms with Crippen LogP contribution in [0.2, 0.25) is 0 Å². The second-order valence-corrected chi connectivity index (χ2v) is 3.32. The van der Waals surface area contributed by atoms with Crippen LogP contribution in [-0.4, -0.2) is 22.6 Å². The highest BCUT2D eigenvalue weighted by atomic mass is 16.6. The third-order valence-corrected chi connectivity index (χ3v) is 2.14. The van der Waals surface area contributed by atoms with Crippen LogP contribution in [0.3, 0.4) is 0 Å². The molecular weight excluding hydrogens is 198 g/mol. The third kappa shape index (κ3) is 2.88. The first-order valence-electron chi connectivity index (χ1n) is 4.56. The maximum atomic E-state index is 11.4. The number of aromatic nitrogens is 1. The summed E-state index contributed by atoms with van der Waals surface area (Å²) in [4.78, 5) is 21.3. The molecule has 0 aromatic carbocycles. The Kier molecular flexibility index (Phi) is 3.56. The van der Waals surface area contributed by atoms with Gasteiger partial charge in [0.1, 0.15) is 0 Å². The van der Waals surface area contributed by atoms with E-state index in [4.69, 9.17) is 0 Å². The Morgan fingerprint density at radius 2 is 2.27 bits per heavy atom. The van der Waals surface area contributed by atoms with Gasteiger partial charge < -0.3 is 9.88 Å². The minimum Gasteiger partial charge on any atom is -0.315 e. The monoisotopic (exact) mass is 211 g/mol. The van der Waals surface area contributed by atoms with E-state index in [-0.39, 0.29) is 17.3 Å². The zero-order valence-electron chi connectivity index (χ0n) is 8.64. The molecule has 15 heavy (non-hydrogen) atoms. The maximum Gasteiger partial charge on any atom is 0.285 e.